The Labute approximate surface area is 196 Å². The van der Waals surface area contributed by atoms with Gasteiger partial charge < -0.3 is 19.4 Å². The lowest BCUT2D eigenvalue weighted by Gasteiger charge is -2.09. The predicted molar refractivity (Wildman–Crippen MR) is 134 cm³/mol. The Morgan fingerprint density at radius 1 is 0.794 bits per heavy atom. The normalized spacial score (nSPS) is 11.1. The van der Waals surface area contributed by atoms with Crippen molar-refractivity contribution >= 4 is 50.1 Å². The Kier molecular flexibility index (Phi) is 5.87. The highest BCUT2D eigenvalue weighted by Gasteiger charge is 2.12. The number of amides is 1. The molecule has 0 bridgehead atoms. The van der Waals surface area contributed by atoms with E-state index in [4.69, 9.17) is 9.47 Å². The number of nitrogens with zero attached hydrogens (tertiary/aromatic N) is 1. The van der Waals surface area contributed by atoms with Crippen LogP contribution in [0.1, 0.15) is 6.92 Å². The maximum absolute atomic E-state index is 12.4. The number of para-hydroxylation sites is 1. The van der Waals surface area contributed by atoms with Gasteiger partial charge in [-0.05, 0) is 54.1 Å². The highest BCUT2D eigenvalue weighted by Crippen LogP contribution is 2.31. The number of aryl methyl sites for hydroxylation is 1. The Balaban J connectivity index is 1.18. The molecule has 34 heavy (non-hydrogen) atoms. The maximum atomic E-state index is 12.4. The lowest BCUT2D eigenvalue weighted by atomic mass is 10.1. The van der Waals surface area contributed by atoms with Gasteiger partial charge in [-0.15, -0.1) is 0 Å². The summed E-state index contributed by atoms with van der Waals surface area (Å²) in [7, 11) is 0. The third kappa shape index (κ3) is 4.30. The molecular formula is C28H24N2O4. The van der Waals surface area contributed by atoms with Crippen LogP contribution in [0.15, 0.2) is 84.9 Å². The first-order valence-corrected chi connectivity index (χ1v) is 11.2. The summed E-state index contributed by atoms with van der Waals surface area (Å²) in [6.07, 6.45) is 0. The number of esters is 1. The zero-order valence-corrected chi connectivity index (χ0v) is 18.8. The minimum atomic E-state index is -0.607. The first-order valence-electron chi connectivity index (χ1n) is 11.2. The third-order valence-electron chi connectivity index (χ3n) is 5.81. The summed E-state index contributed by atoms with van der Waals surface area (Å²) >= 11 is 0. The van der Waals surface area contributed by atoms with Crippen molar-refractivity contribution in [2.45, 2.75) is 13.5 Å². The second kappa shape index (κ2) is 9.27. The van der Waals surface area contributed by atoms with Gasteiger partial charge in [0.2, 0.25) is 0 Å². The molecule has 170 valence electrons. The van der Waals surface area contributed by atoms with Gasteiger partial charge in [-0.25, -0.2) is 4.79 Å². The Hall–Kier alpha value is -4.32. The van der Waals surface area contributed by atoms with Crippen LogP contribution < -0.4 is 10.1 Å². The Morgan fingerprint density at radius 3 is 2.41 bits per heavy atom. The van der Waals surface area contributed by atoms with Crippen molar-refractivity contribution in [3.63, 3.8) is 0 Å². The number of hydrogen-bond donors (Lipinski definition) is 1. The summed E-state index contributed by atoms with van der Waals surface area (Å²) in [6, 6.07) is 27.5. The molecule has 4 aromatic carbocycles. The number of nitrogens with one attached hydrogen (secondary N) is 1. The highest BCUT2D eigenvalue weighted by molar-refractivity contribution is 6.09. The van der Waals surface area contributed by atoms with Crippen LogP contribution in [-0.4, -0.2) is 29.7 Å². The van der Waals surface area contributed by atoms with E-state index in [0.29, 0.717) is 11.4 Å². The van der Waals surface area contributed by atoms with E-state index in [9.17, 15) is 9.59 Å². The molecule has 0 aliphatic carbocycles. The number of benzene rings is 4. The predicted octanol–water partition coefficient (Wildman–Crippen LogP) is 5.53. The molecule has 0 unspecified atom stereocenters. The molecule has 0 fully saturated rings. The van der Waals surface area contributed by atoms with E-state index in [1.165, 1.54) is 0 Å². The maximum Gasteiger partial charge on any atom is 0.344 e. The van der Waals surface area contributed by atoms with Gasteiger partial charge in [-0.2, -0.15) is 0 Å². The molecule has 1 aromatic heterocycles. The molecule has 0 saturated heterocycles. The minimum Gasteiger partial charge on any atom is -0.482 e. The SMILES string of the molecule is CCn1c2ccccc2c2cc(NC(=O)COC(=O)COc3ccc4ccccc4c3)ccc21. The second-order valence-electron chi connectivity index (χ2n) is 8.00. The average molecular weight is 453 g/mol. The number of rotatable bonds is 7. The molecule has 0 aliphatic rings. The number of carbonyl (C=O) groups is 2. The van der Waals surface area contributed by atoms with Crippen LogP contribution >= 0.6 is 0 Å². The second-order valence-corrected chi connectivity index (χ2v) is 8.00. The fraction of sp³-hybridized carbons (Fsp3) is 0.143. The molecule has 1 amide bonds. The summed E-state index contributed by atoms with van der Waals surface area (Å²) in [6.45, 7) is 2.31. The van der Waals surface area contributed by atoms with Crippen LogP contribution in [0.2, 0.25) is 0 Å². The summed E-state index contributed by atoms with van der Waals surface area (Å²) in [4.78, 5) is 24.4. The van der Waals surface area contributed by atoms with Gasteiger partial charge in [0.05, 0.1) is 0 Å². The largest absolute Gasteiger partial charge is 0.482 e. The Bertz CT molecular complexity index is 1520. The molecule has 0 atom stereocenters. The molecule has 6 nitrogen and oxygen atoms in total. The van der Waals surface area contributed by atoms with E-state index in [1.54, 1.807) is 6.07 Å². The van der Waals surface area contributed by atoms with Crippen molar-refractivity contribution < 1.29 is 19.1 Å². The number of fused-ring (bicyclic) bond motifs is 4. The topological polar surface area (TPSA) is 69.6 Å². The van der Waals surface area contributed by atoms with Gasteiger partial charge in [-0.1, -0.05) is 48.5 Å². The molecule has 1 N–H and O–H groups in total. The molecule has 0 spiro atoms. The average Bonchev–Trinajstić information content (AvgIpc) is 3.19. The van der Waals surface area contributed by atoms with E-state index in [1.807, 2.05) is 66.7 Å². The molecule has 1 heterocycles. The Morgan fingerprint density at radius 2 is 1.56 bits per heavy atom. The van der Waals surface area contributed by atoms with Crippen LogP contribution in [0, 0.1) is 0 Å². The molecule has 0 radical (unpaired) electrons. The number of aromatic nitrogens is 1. The van der Waals surface area contributed by atoms with Crippen molar-refractivity contribution in [2.24, 2.45) is 0 Å². The molecule has 5 rings (SSSR count). The fourth-order valence-electron chi connectivity index (χ4n) is 4.26. The lowest BCUT2D eigenvalue weighted by molar-refractivity contribution is -0.149. The van der Waals surface area contributed by atoms with Crippen molar-refractivity contribution in [3.05, 3.63) is 84.9 Å². The highest BCUT2D eigenvalue weighted by atomic mass is 16.6. The molecular weight excluding hydrogens is 428 g/mol. The van der Waals surface area contributed by atoms with Gasteiger partial charge in [0, 0.05) is 34.0 Å². The third-order valence-corrected chi connectivity index (χ3v) is 5.81. The van der Waals surface area contributed by atoms with E-state index >= 15 is 0 Å². The van der Waals surface area contributed by atoms with E-state index in [-0.39, 0.29) is 13.2 Å². The monoisotopic (exact) mass is 452 g/mol. The van der Waals surface area contributed by atoms with Crippen LogP contribution in [-0.2, 0) is 20.9 Å². The zero-order chi connectivity index (χ0) is 23.5. The van der Waals surface area contributed by atoms with Crippen LogP contribution in [0.25, 0.3) is 32.6 Å². The lowest BCUT2D eigenvalue weighted by Crippen LogP contribution is -2.23. The van der Waals surface area contributed by atoms with Gasteiger partial charge in [-0.3, -0.25) is 4.79 Å². The standard InChI is InChI=1S/C28H24N2O4/c1-2-30-25-10-6-5-9-23(25)24-16-21(12-14-26(24)30)29-27(31)17-34-28(32)18-33-22-13-11-19-7-3-4-8-20(19)15-22/h3-16H,2,17-18H2,1H3,(H,29,31). The van der Waals surface area contributed by atoms with Gasteiger partial charge >= 0.3 is 5.97 Å². The molecule has 6 heteroatoms. The van der Waals surface area contributed by atoms with Crippen molar-refractivity contribution in [3.8, 4) is 5.75 Å². The number of anilines is 1. The zero-order valence-electron chi connectivity index (χ0n) is 18.8. The molecule has 5 aromatic rings. The minimum absolute atomic E-state index is 0.270. The van der Waals surface area contributed by atoms with E-state index in [0.717, 1.165) is 39.1 Å². The van der Waals surface area contributed by atoms with E-state index in [2.05, 4.69) is 28.9 Å². The van der Waals surface area contributed by atoms with Crippen molar-refractivity contribution in [2.75, 3.05) is 18.5 Å². The van der Waals surface area contributed by atoms with Crippen molar-refractivity contribution in [1.82, 2.24) is 4.57 Å². The first-order chi connectivity index (χ1) is 16.6. The van der Waals surface area contributed by atoms with E-state index < -0.39 is 11.9 Å². The quantitative estimate of drug-likeness (QED) is 0.330. The van der Waals surface area contributed by atoms with Crippen molar-refractivity contribution in [1.29, 1.82) is 0 Å². The van der Waals surface area contributed by atoms with Crippen LogP contribution in [0.4, 0.5) is 5.69 Å². The summed E-state index contributed by atoms with van der Waals surface area (Å²) in [5, 5.41) is 7.12. The van der Waals surface area contributed by atoms with Crippen LogP contribution in [0.3, 0.4) is 0 Å². The fourth-order valence-corrected chi connectivity index (χ4v) is 4.26. The summed E-state index contributed by atoms with van der Waals surface area (Å²) < 4.78 is 12.8. The van der Waals surface area contributed by atoms with Crippen LogP contribution in [0.5, 0.6) is 5.75 Å². The number of carbonyl (C=O) groups excluding carboxylic acids is 2. The van der Waals surface area contributed by atoms with Gasteiger partial charge in [0.1, 0.15) is 5.75 Å². The first kappa shape index (κ1) is 21.5. The smallest absolute Gasteiger partial charge is 0.344 e. The number of hydrogen-bond acceptors (Lipinski definition) is 4. The number of ether oxygens (including phenoxy) is 2. The molecule has 0 saturated carbocycles. The van der Waals surface area contributed by atoms with Gasteiger partial charge in [0.25, 0.3) is 5.91 Å². The summed E-state index contributed by atoms with van der Waals surface area (Å²) in [5.41, 5.74) is 2.92. The molecule has 0 aliphatic heterocycles. The summed E-state index contributed by atoms with van der Waals surface area (Å²) in [5.74, 6) is -0.443. The van der Waals surface area contributed by atoms with Gasteiger partial charge in [0.15, 0.2) is 13.2 Å².